The molecule has 2 aliphatic heterocycles. The van der Waals surface area contributed by atoms with Gasteiger partial charge >= 0.3 is 0 Å². The molecule has 2 heterocycles. The van der Waals surface area contributed by atoms with Crippen molar-refractivity contribution in [3.05, 3.63) is 0 Å². The van der Waals surface area contributed by atoms with Crippen molar-refractivity contribution in [3.8, 4) is 0 Å². The van der Waals surface area contributed by atoms with E-state index >= 15 is 0 Å². The number of guanidine groups is 1. The van der Waals surface area contributed by atoms with Crippen LogP contribution < -0.4 is 11.1 Å². The molecular weight excluding hydrogens is 190 g/mol. The Balaban J connectivity index is 1.83. The van der Waals surface area contributed by atoms with Crippen LogP contribution in [0.5, 0.6) is 0 Å². The highest BCUT2D eigenvalue weighted by Gasteiger charge is 2.38. The summed E-state index contributed by atoms with van der Waals surface area (Å²) in [6.45, 7) is 0.961. The fourth-order valence-corrected chi connectivity index (χ4v) is 2.31. The molecule has 3 aliphatic rings. The standard InChI is InChI=1S/C10H15N5/c11-9-12-4-7-8(15-9)14-6-10(5-13-7)2-1-3-10/h4-5,7-8,14H,1-3,6H2,(H2,11,15). The molecule has 80 valence electrons. The van der Waals surface area contributed by atoms with Crippen LogP contribution in [0.3, 0.4) is 0 Å². The van der Waals surface area contributed by atoms with Gasteiger partial charge in [-0.2, -0.15) is 0 Å². The van der Waals surface area contributed by atoms with Gasteiger partial charge in [0.15, 0.2) is 0 Å². The monoisotopic (exact) mass is 205 g/mol. The van der Waals surface area contributed by atoms with Crippen LogP contribution in [0.15, 0.2) is 15.0 Å². The van der Waals surface area contributed by atoms with Gasteiger partial charge in [0.2, 0.25) is 5.96 Å². The van der Waals surface area contributed by atoms with E-state index in [0.717, 1.165) is 6.54 Å². The van der Waals surface area contributed by atoms with E-state index in [4.69, 9.17) is 5.73 Å². The predicted molar refractivity (Wildman–Crippen MR) is 60.5 cm³/mol. The van der Waals surface area contributed by atoms with Gasteiger partial charge in [0.1, 0.15) is 12.2 Å². The third kappa shape index (κ3) is 1.47. The Morgan fingerprint density at radius 3 is 3.07 bits per heavy atom. The quantitative estimate of drug-likeness (QED) is 0.580. The minimum Gasteiger partial charge on any atom is -0.368 e. The molecule has 5 heteroatoms. The van der Waals surface area contributed by atoms with E-state index in [2.05, 4.69) is 26.5 Å². The molecule has 2 atom stereocenters. The zero-order chi connectivity index (χ0) is 10.3. The minimum absolute atomic E-state index is 0.0151. The van der Waals surface area contributed by atoms with Crippen molar-refractivity contribution < 1.29 is 0 Å². The zero-order valence-electron chi connectivity index (χ0n) is 8.56. The van der Waals surface area contributed by atoms with E-state index in [-0.39, 0.29) is 17.6 Å². The highest BCUT2D eigenvalue weighted by atomic mass is 15.2. The summed E-state index contributed by atoms with van der Waals surface area (Å²) in [7, 11) is 0. The smallest absolute Gasteiger partial charge is 0.216 e. The molecule has 0 aromatic carbocycles. The van der Waals surface area contributed by atoms with Crippen LogP contribution in [0.25, 0.3) is 0 Å². The van der Waals surface area contributed by atoms with Crippen molar-refractivity contribution >= 4 is 18.4 Å². The molecule has 1 aliphatic carbocycles. The highest BCUT2D eigenvalue weighted by Crippen LogP contribution is 2.39. The Bertz CT molecular complexity index is 353. The molecule has 3 rings (SSSR count). The lowest BCUT2D eigenvalue weighted by Crippen LogP contribution is -2.46. The van der Waals surface area contributed by atoms with Gasteiger partial charge in [-0.1, -0.05) is 6.42 Å². The number of nitrogens with two attached hydrogens (primary N) is 1. The summed E-state index contributed by atoms with van der Waals surface area (Å²) < 4.78 is 0. The molecule has 5 nitrogen and oxygen atoms in total. The highest BCUT2D eigenvalue weighted by molar-refractivity contribution is 5.91. The first kappa shape index (κ1) is 9.03. The third-order valence-electron chi connectivity index (χ3n) is 3.49. The lowest BCUT2D eigenvalue weighted by molar-refractivity contribution is 0.228. The number of rotatable bonds is 0. The molecule has 1 saturated carbocycles. The first-order valence-electron chi connectivity index (χ1n) is 5.43. The van der Waals surface area contributed by atoms with Crippen molar-refractivity contribution in [1.82, 2.24) is 5.32 Å². The predicted octanol–water partition coefficient (Wildman–Crippen LogP) is -0.0755. The average molecular weight is 205 g/mol. The van der Waals surface area contributed by atoms with Gasteiger partial charge < -0.3 is 5.73 Å². The van der Waals surface area contributed by atoms with Crippen molar-refractivity contribution in [2.45, 2.75) is 31.5 Å². The average Bonchev–Trinajstić information content (AvgIpc) is 2.36. The summed E-state index contributed by atoms with van der Waals surface area (Å²) >= 11 is 0. The van der Waals surface area contributed by atoms with E-state index in [1.807, 2.05) is 0 Å². The van der Waals surface area contributed by atoms with Gasteiger partial charge in [-0.15, -0.1) is 0 Å². The Labute approximate surface area is 88.6 Å². The fourth-order valence-electron chi connectivity index (χ4n) is 2.31. The number of nitrogens with zero attached hydrogens (tertiary/aromatic N) is 3. The van der Waals surface area contributed by atoms with Gasteiger partial charge in [-0.05, 0) is 12.8 Å². The van der Waals surface area contributed by atoms with Crippen LogP contribution in [0.1, 0.15) is 19.3 Å². The molecule has 0 aromatic heterocycles. The fraction of sp³-hybridized carbons (Fsp3) is 0.700. The maximum Gasteiger partial charge on any atom is 0.216 e. The van der Waals surface area contributed by atoms with Gasteiger partial charge in [-0.25, -0.2) is 9.98 Å². The summed E-state index contributed by atoms with van der Waals surface area (Å²) in [6.07, 6.45) is 7.66. The van der Waals surface area contributed by atoms with Crippen LogP contribution in [0, 0.1) is 5.41 Å². The first-order chi connectivity index (χ1) is 7.27. The normalized spacial score (nSPS) is 36.7. The Morgan fingerprint density at radius 1 is 1.47 bits per heavy atom. The Morgan fingerprint density at radius 2 is 2.33 bits per heavy atom. The number of fused-ring (bicyclic) bond motifs is 1. The Hall–Kier alpha value is -1.23. The molecule has 2 unspecified atom stereocenters. The SMILES string of the molecule is NC1=NC2NCC3(C=NC2C=N1)CCC3. The summed E-state index contributed by atoms with van der Waals surface area (Å²) in [5.41, 5.74) is 5.85. The summed E-state index contributed by atoms with van der Waals surface area (Å²) in [5.74, 6) is 0.350. The second-order valence-corrected chi connectivity index (χ2v) is 4.58. The molecule has 0 radical (unpaired) electrons. The van der Waals surface area contributed by atoms with Gasteiger partial charge in [-0.3, -0.25) is 10.3 Å². The molecule has 1 spiro atoms. The molecule has 0 saturated heterocycles. The number of hydrogen-bond donors (Lipinski definition) is 2. The van der Waals surface area contributed by atoms with Crippen molar-refractivity contribution in [3.63, 3.8) is 0 Å². The van der Waals surface area contributed by atoms with E-state index in [1.165, 1.54) is 19.3 Å². The lowest BCUT2D eigenvalue weighted by Gasteiger charge is -2.38. The van der Waals surface area contributed by atoms with Gasteiger partial charge in [0, 0.05) is 24.4 Å². The van der Waals surface area contributed by atoms with Crippen molar-refractivity contribution in [1.29, 1.82) is 0 Å². The number of aliphatic imine (C=N–C) groups is 3. The van der Waals surface area contributed by atoms with Gasteiger partial charge in [0.05, 0.1) is 0 Å². The molecule has 0 amide bonds. The van der Waals surface area contributed by atoms with Gasteiger partial charge in [0.25, 0.3) is 0 Å². The van der Waals surface area contributed by atoms with Crippen LogP contribution in [0.2, 0.25) is 0 Å². The summed E-state index contributed by atoms with van der Waals surface area (Å²) in [4.78, 5) is 12.8. The van der Waals surface area contributed by atoms with E-state index < -0.39 is 0 Å². The summed E-state index contributed by atoms with van der Waals surface area (Å²) in [6, 6.07) is 0.0253. The first-order valence-corrected chi connectivity index (χ1v) is 5.43. The zero-order valence-corrected chi connectivity index (χ0v) is 8.56. The maximum absolute atomic E-state index is 5.57. The Kier molecular flexibility index (Phi) is 1.88. The number of nitrogens with one attached hydrogen (secondary N) is 1. The van der Waals surface area contributed by atoms with E-state index in [9.17, 15) is 0 Å². The molecule has 15 heavy (non-hydrogen) atoms. The van der Waals surface area contributed by atoms with Crippen LogP contribution in [-0.4, -0.2) is 37.1 Å². The maximum atomic E-state index is 5.57. The minimum atomic E-state index is -0.0151. The molecule has 3 N–H and O–H groups in total. The lowest BCUT2D eigenvalue weighted by atomic mass is 9.70. The van der Waals surface area contributed by atoms with Crippen LogP contribution in [0.4, 0.5) is 0 Å². The second kappa shape index (κ2) is 3.13. The topological polar surface area (TPSA) is 75.1 Å². The van der Waals surface area contributed by atoms with Crippen LogP contribution in [-0.2, 0) is 0 Å². The largest absolute Gasteiger partial charge is 0.368 e. The molecule has 0 aromatic rings. The van der Waals surface area contributed by atoms with E-state index in [1.54, 1.807) is 6.21 Å². The van der Waals surface area contributed by atoms with Crippen molar-refractivity contribution in [2.75, 3.05) is 6.54 Å². The van der Waals surface area contributed by atoms with E-state index in [0.29, 0.717) is 5.96 Å². The number of hydrogen-bond acceptors (Lipinski definition) is 5. The van der Waals surface area contributed by atoms with Crippen molar-refractivity contribution in [2.24, 2.45) is 26.1 Å². The third-order valence-corrected chi connectivity index (χ3v) is 3.49. The molecule has 0 bridgehead atoms. The van der Waals surface area contributed by atoms with Crippen LogP contribution >= 0.6 is 0 Å². The molecular formula is C10H15N5. The second-order valence-electron chi connectivity index (χ2n) is 4.58. The molecule has 1 fully saturated rings. The summed E-state index contributed by atoms with van der Waals surface area (Å²) in [5, 5.41) is 3.42.